The van der Waals surface area contributed by atoms with E-state index in [2.05, 4.69) is 16.8 Å². The number of likely N-dealkylation sites (N-methyl/N-ethyl adjacent to an activating group) is 1. The van der Waals surface area contributed by atoms with Crippen LogP contribution >= 0.6 is 0 Å². The van der Waals surface area contributed by atoms with Crippen LogP contribution in [0.15, 0.2) is 12.1 Å². The van der Waals surface area contributed by atoms with Gasteiger partial charge in [0.05, 0.1) is 0 Å². The molecule has 0 aliphatic carbocycles. The lowest BCUT2D eigenvalue weighted by molar-refractivity contribution is 0.253. The van der Waals surface area contributed by atoms with Crippen molar-refractivity contribution in [3.05, 3.63) is 23.4 Å². The van der Waals surface area contributed by atoms with Gasteiger partial charge in [-0.05, 0) is 32.1 Å². The highest BCUT2D eigenvalue weighted by Gasteiger charge is 2.02. The van der Waals surface area contributed by atoms with Crippen molar-refractivity contribution in [2.45, 2.75) is 19.9 Å². The Morgan fingerprint density at radius 3 is 2.69 bits per heavy atom. The largest absolute Gasteiger partial charge is 0.476 e. The van der Waals surface area contributed by atoms with Gasteiger partial charge in [0.1, 0.15) is 6.61 Å². The van der Waals surface area contributed by atoms with Crippen molar-refractivity contribution < 1.29 is 4.74 Å². The molecule has 0 saturated heterocycles. The molecule has 0 bridgehead atoms. The molecule has 1 heterocycles. The first-order valence-electron chi connectivity index (χ1n) is 5.63. The van der Waals surface area contributed by atoms with E-state index in [1.165, 1.54) is 0 Å². The maximum atomic E-state index is 5.63. The number of aromatic nitrogens is 1. The van der Waals surface area contributed by atoms with Gasteiger partial charge in [-0.3, -0.25) is 0 Å². The second-order valence-electron chi connectivity index (χ2n) is 4.01. The molecule has 0 amide bonds. The molecule has 16 heavy (non-hydrogen) atoms. The molecule has 2 N–H and O–H groups in total. The van der Waals surface area contributed by atoms with Crippen LogP contribution in [0.4, 0.5) is 0 Å². The fraction of sp³-hybridized carbons (Fsp3) is 0.583. The van der Waals surface area contributed by atoms with E-state index in [0.29, 0.717) is 19.0 Å². The molecule has 4 heteroatoms. The molecule has 0 aliphatic heterocycles. The minimum Gasteiger partial charge on any atom is -0.476 e. The van der Waals surface area contributed by atoms with Crippen LogP contribution in [0, 0.1) is 0 Å². The van der Waals surface area contributed by atoms with Crippen LogP contribution in [0.25, 0.3) is 0 Å². The van der Waals surface area contributed by atoms with E-state index >= 15 is 0 Å². The van der Waals surface area contributed by atoms with Gasteiger partial charge in [-0.25, -0.2) is 4.98 Å². The molecule has 0 unspecified atom stereocenters. The molecule has 90 valence electrons. The molecule has 0 fully saturated rings. The summed E-state index contributed by atoms with van der Waals surface area (Å²) >= 11 is 0. The van der Waals surface area contributed by atoms with Crippen LogP contribution in [0.3, 0.4) is 0 Å². The summed E-state index contributed by atoms with van der Waals surface area (Å²) in [6, 6.07) is 3.94. The van der Waals surface area contributed by atoms with Gasteiger partial charge < -0.3 is 15.4 Å². The van der Waals surface area contributed by atoms with Crippen LogP contribution in [-0.4, -0.2) is 37.1 Å². The number of hydrogen-bond donors (Lipinski definition) is 1. The Balaban J connectivity index is 2.64. The van der Waals surface area contributed by atoms with Gasteiger partial charge >= 0.3 is 0 Å². The van der Waals surface area contributed by atoms with Gasteiger partial charge in [-0.2, -0.15) is 0 Å². The van der Waals surface area contributed by atoms with Crippen LogP contribution in [0.1, 0.15) is 18.2 Å². The molecular weight excluding hydrogens is 202 g/mol. The summed E-state index contributed by atoms with van der Waals surface area (Å²) in [6.45, 7) is 4.14. The first-order valence-corrected chi connectivity index (χ1v) is 5.63. The zero-order valence-electron chi connectivity index (χ0n) is 10.4. The van der Waals surface area contributed by atoms with Crippen LogP contribution in [0.5, 0.6) is 5.88 Å². The molecule has 4 nitrogen and oxygen atoms in total. The standard InChI is InChI=1S/C12H21N3O/c1-4-11-7-10(9-13)8-12(14-11)16-6-5-15(2)3/h7-8H,4-6,9,13H2,1-3H3. The molecular formula is C12H21N3O. The number of rotatable bonds is 6. The SMILES string of the molecule is CCc1cc(CN)cc(OCCN(C)C)n1. The average molecular weight is 223 g/mol. The average Bonchev–Trinajstić information content (AvgIpc) is 2.28. The Kier molecular flexibility index (Phi) is 5.22. The summed E-state index contributed by atoms with van der Waals surface area (Å²) in [5.41, 5.74) is 7.73. The smallest absolute Gasteiger partial charge is 0.213 e. The van der Waals surface area contributed by atoms with E-state index in [1.807, 2.05) is 26.2 Å². The summed E-state index contributed by atoms with van der Waals surface area (Å²) in [5, 5.41) is 0. The third-order valence-electron chi connectivity index (χ3n) is 2.30. The molecule has 1 aromatic heterocycles. The summed E-state index contributed by atoms with van der Waals surface area (Å²) in [6.07, 6.45) is 0.901. The van der Waals surface area contributed by atoms with Crippen molar-refractivity contribution in [2.24, 2.45) is 5.73 Å². The number of aryl methyl sites for hydroxylation is 1. The fourth-order valence-corrected chi connectivity index (χ4v) is 1.33. The van der Waals surface area contributed by atoms with Gasteiger partial charge in [0.2, 0.25) is 5.88 Å². The Morgan fingerprint density at radius 2 is 2.12 bits per heavy atom. The van der Waals surface area contributed by atoms with Crippen molar-refractivity contribution >= 4 is 0 Å². The number of ether oxygens (including phenoxy) is 1. The van der Waals surface area contributed by atoms with E-state index in [0.717, 1.165) is 24.2 Å². The summed E-state index contributed by atoms with van der Waals surface area (Å²) in [5.74, 6) is 0.682. The van der Waals surface area contributed by atoms with Crippen LogP contribution in [0.2, 0.25) is 0 Å². The van der Waals surface area contributed by atoms with Gasteiger partial charge in [-0.1, -0.05) is 6.92 Å². The monoisotopic (exact) mass is 223 g/mol. The zero-order chi connectivity index (χ0) is 12.0. The van der Waals surface area contributed by atoms with Crippen molar-refractivity contribution in [3.63, 3.8) is 0 Å². The maximum Gasteiger partial charge on any atom is 0.213 e. The lowest BCUT2D eigenvalue weighted by atomic mass is 10.2. The first-order chi connectivity index (χ1) is 7.65. The second kappa shape index (κ2) is 6.45. The van der Waals surface area contributed by atoms with Gasteiger partial charge in [-0.15, -0.1) is 0 Å². The lowest BCUT2D eigenvalue weighted by Crippen LogP contribution is -2.19. The first kappa shape index (κ1) is 12.9. The van der Waals surface area contributed by atoms with Gasteiger partial charge in [0.15, 0.2) is 0 Å². The quantitative estimate of drug-likeness (QED) is 0.783. The molecule has 0 saturated carbocycles. The van der Waals surface area contributed by atoms with Gasteiger partial charge in [0, 0.05) is 24.8 Å². The number of hydrogen-bond acceptors (Lipinski definition) is 4. The van der Waals surface area contributed by atoms with E-state index < -0.39 is 0 Å². The molecule has 1 rings (SSSR count). The summed E-state index contributed by atoms with van der Waals surface area (Å²) < 4.78 is 5.59. The Labute approximate surface area is 97.4 Å². The molecule has 0 aliphatic rings. The van der Waals surface area contributed by atoms with Crippen molar-refractivity contribution in [1.29, 1.82) is 0 Å². The fourth-order valence-electron chi connectivity index (χ4n) is 1.33. The van der Waals surface area contributed by atoms with E-state index in [4.69, 9.17) is 10.5 Å². The second-order valence-corrected chi connectivity index (χ2v) is 4.01. The lowest BCUT2D eigenvalue weighted by Gasteiger charge is -2.11. The third kappa shape index (κ3) is 4.16. The third-order valence-corrected chi connectivity index (χ3v) is 2.30. The van der Waals surface area contributed by atoms with Crippen molar-refractivity contribution in [3.8, 4) is 5.88 Å². The van der Waals surface area contributed by atoms with Crippen molar-refractivity contribution in [1.82, 2.24) is 9.88 Å². The summed E-state index contributed by atoms with van der Waals surface area (Å²) in [7, 11) is 4.04. The molecule has 0 spiro atoms. The maximum absolute atomic E-state index is 5.63. The highest BCUT2D eigenvalue weighted by Crippen LogP contribution is 2.12. The van der Waals surface area contributed by atoms with E-state index in [9.17, 15) is 0 Å². The minimum atomic E-state index is 0.527. The minimum absolute atomic E-state index is 0.527. The van der Waals surface area contributed by atoms with Crippen LogP contribution in [-0.2, 0) is 13.0 Å². The Morgan fingerprint density at radius 1 is 1.38 bits per heavy atom. The Hall–Kier alpha value is -1.13. The Bertz CT molecular complexity index is 304. The molecule has 0 radical (unpaired) electrons. The number of nitrogens with zero attached hydrogens (tertiary/aromatic N) is 2. The molecule has 0 aromatic carbocycles. The highest BCUT2D eigenvalue weighted by atomic mass is 16.5. The highest BCUT2D eigenvalue weighted by molar-refractivity contribution is 5.25. The topological polar surface area (TPSA) is 51.4 Å². The molecule has 1 aromatic rings. The van der Waals surface area contributed by atoms with Crippen molar-refractivity contribution in [2.75, 3.05) is 27.2 Å². The van der Waals surface area contributed by atoms with Crippen LogP contribution < -0.4 is 10.5 Å². The predicted octanol–water partition coefficient (Wildman–Crippen LogP) is 1.04. The summed E-state index contributed by atoms with van der Waals surface area (Å²) in [4.78, 5) is 6.48. The van der Waals surface area contributed by atoms with Gasteiger partial charge in [0.25, 0.3) is 0 Å². The zero-order valence-corrected chi connectivity index (χ0v) is 10.4. The number of nitrogens with two attached hydrogens (primary N) is 1. The van der Waals surface area contributed by atoms with E-state index in [1.54, 1.807) is 0 Å². The molecule has 0 atom stereocenters. The predicted molar refractivity (Wildman–Crippen MR) is 65.6 cm³/mol. The number of pyridine rings is 1. The van der Waals surface area contributed by atoms with E-state index in [-0.39, 0.29) is 0 Å². The normalized spacial score (nSPS) is 10.8.